The van der Waals surface area contributed by atoms with Crippen LogP contribution < -0.4 is 0 Å². The minimum atomic E-state index is 0.622. The van der Waals surface area contributed by atoms with Crippen molar-refractivity contribution in [2.75, 3.05) is 0 Å². The van der Waals surface area contributed by atoms with Gasteiger partial charge in [-0.2, -0.15) is 5.26 Å². The van der Waals surface area contributed by atoms with Gasteiger partial charge in [0.25, 0.3) is 0 Å². The lowest BCUT2D eigenvalue weighted by molar-refractivity contribution is 0.986. The van der Waals surface area contributed by atoms with E-state index in [0.29, 0.717) is 23.0 Å². The van der Waals surface area contributed by atoms with E-state index in [1.54, 1.807) is 0 Å². The van der Waals surface area contributed by atoms with Crippen LogP contribution in [0.3, 0.4) is 0 Å². The van der Waals surface area contributed by atoms with Crippen molar-refractivity contribution in [2.24, 2.45) is 0 Å². The van der Waals surface area contributed by atoms with Crippen molar-refractivity contribution < 1.29 is 0 Å². The molecule has 0 saturated carbocycles. The molecule has 1 aliphatic rings. The van der Waals surface area contributed by atoms with Gasteiger partial charge in [0.1, 0.15) is 0 Å². The summed E-state index contributed by atoms with van der Waals surface area (Å²) in [5, 5.41) is 15.1. The largest absolute Gasteiger partial charge is 0.309 e. The summed E-state index contributed by atoms with van der Waals surface area (Å²) in [5.41, 5.74) is 13.6. The van der Waals surface area contributed by atoms with E-state index in [9.17, 15) is 5.26 Å². The Hall–Kier alpha value is -7.94. The van der Waals surface area contributed by atoms with E-state index in [-0.39, 0.29) is 0 Å². The first-order valence-electron chi connectivity index (χ1n) is 20.0. The lowest BCUT2D eigenvalue weighted by atomic mass is 9.91. The van der Waals surface area contributed by atoms with Gasteiger partial charge in [-0.1, -0.05) is 164 Å². The number of hydrogen-bond donors (Lipinski definition) is 0. The summed E-state index contributed by atoms with van der Waals surface area (Å²) in [4.78, 5) is 14.7. The first kappa shape index (κ1) is 34.3. The Kier molecular flexibility index (Phi) is 8.27. The van der Waals surface area contributed by atoms with Crippen LogP contribution in [0.15, 0.2) is 182 Å². The van der Waals surface area contributed by atoms with Crippen LogP contribution in [0, 0.1) is 11.3 Å². The summed E-state index contributed by atoms with van der Waals surface area (Å²) >= 11 is 0. The summed E-state index contributed by atoms with van der Waals surface area (Å²) in [5.74, 6) is 1.90. The minimum absolute atomic E-state index is 0.622. The van der Waals surface area contributed by atoms with Crippen LogP contribution in [0.2, 0.25) is 0 Å². The summed E-state index contributed by atoms with van der Waals surface area (Å²) in [6.07, 6.45) is 6.62. The minimum Gasteiger partial charge on any atom is -0.309 e. The number of nitrogens with zero attached hydrogens (tertiary/aromatic N) is 5. The number of para-hydroxylation sites is 1. The maximum atomic E-state index is 10.4. The lowest BCUT2D eigenvalue weighted by Gasteiger charge is -2.17. The molecule has 2 heterocycles. The molecule has 5 nitrogen and oxygen atoms in total. The van der Waals surface area contributed by atoms with Crippen LogP contribution in [-0.4, -0.2) is 19.5 Å². The first-order valence-corrected chi connectivity index (χ1v) is 20.0. The van der Waals surface area contributed by atoms with Gasteiger partial charge in [-0.25, -0.2) is 15.0 Å². The predicted octanol–water partition coefficient (Wildman–Crippen LogP) is 13.3. The third-order valence-electron chi connectivity index (χ3n) is 11.5. The molecule has 11 rings (SSSR count). The predicted molar refractivity (Wildman–Crippen MR) is 241 cm³/mol. The standard InChI is InChI=1S/C54H35N5/c55-34-35-31-41(33-42(32-35)59-50-22-12-11-21-48(50)49-28-27-36-13-7-8-18-45(36)51(49)59)44-30-29-43(46-19-9-10-20-47(44)46)37-23-25-40(26-24-37)54-57-52(38-14-3-1-4-15-38)56-53(58-54)39-16-5-2-6-17-39/h1-6,8-12,14-33H,7,13H2. The normalized spacial score (nSPS) is 12.2. The number of aromatic nitrogens is 4. The second-order valence-corrected chi connectivity index (χ2v) is 15.0. The maximum absolute atomic E-state index is 10.4. The van der Waals surface area contributed by atoms with Crippen molar-refractivity contribution in [3.05, 3.63) is 199 Å². The molecule has 0 radical (unpaired) electrons. The summed E-state index contributed by atoms with van der Waals surface area (Å²) < 4.78 is 2.36. The number of aryl methyl sites for hydroxylation is 1. The molecule has 0 atom stereocenters. The number of rotatable bonds is 6. The van der Waals surface area contributed by atoms with Gasteiger partial charge in [0.05, 0.1) is 22.7 Å². The van der Waals surface area contributed by atoms with Crippen LogP contribution in [0.4, 0.5) is 0 Å². The van der Waals surface area contributed by atoms with Crippen LogP contribution >= 0.6 is 0 Å². The molecule has 0 amide bonds. The molecule has 0 aliphatic heterocycles. The van der Waals surface area contributed by atoms with Crippen molar-refractivity contribution >= 4 is 38.7 Å². The molecule has 0 saturated heterocycles. The van der Waals surface area contributed by atoms with E-state index in [1.807, 2.05) is 72.8 Å². The fourth-order valence-corrected chi connectivity index (χ4v) is 8.74. The average Bonchev–Trinajstić information content (AvgIpc) is 3.66. The molecule has 0 N–H and O–H groups in total. The summed E-state index contributed by atoms with van der Waals surface area (Å²) in [6.45, 7) is 0. The van der Waals surface area contributed by atoms with E-state index in [1.165, 1.54) is 27.4 Å². The van der Waals surface area contributed by atoms with Gasteiger partial charge in [0.2, 0.25) is 0 Å². The van der Waals surface area contributed by atoms with Gasteiger partial charge in [0.15, 0.2) is 17.5 Å². The zero-order chi connectivity index (χ0) is 39.3. The first-order chi connectivity index (χ1) is 29.2. The van der Waals surface area contributed by atoms with Crippen molar-refractivity contribution in [3.63, 3.8) is 0 Å². The van der Waals surface area contributed by atoms with Gasteiger partial charge in [-0.15, -0.1) is 0 Å². The zero-order valence-electron chi connectivity index (χ0n) is 32.0. The highest BCUT2D eigenvalue weighted by atomic mass is 15.0. The van der Waals surface area contributed by atoms with Crippen molar-refractivity contribution in [1.82, 2.24) is 19.5 Å². The third kappa shape index (κ3) is 5.98. The van der Waals surface area contributed by atoms with Gasteiger partial charge in [-0.05, 0) is 75.7 Å². The van der Waals surface area contributed by atoms with Crippen LogP contribution in [0.1, 0.15) is 23.1 Å². The molecule has 10 aromatic rings. The highest BCUT2D eigenvalue weighted by Crippen LogP contribution is 2.41. The van der Waals surface area contributed by atoms with Crippen molar-refractivity contribution in [2.45, 2.75) is 12.8 Å². The van der Waals surface area contributed by atoms with E-state index < -0.39 is 0 Å². The topological polar surface area (TPSA) is 67.4 Å². The molecule has 8 aromatic carbocycles. The van der Waals surface area contributed by atoms with E-state index in [4.69, 9.17) is 15.0 Å². The number of hydrogen-bond acceptors (Lipinski definition) is 4. The Balaban J connectivity index is 1.02. The molecule has 59 heavy (non-hydrogen) atoms. The average molecular weight is 754 g/mol. The summed E-state index contributed by atoms with van der Waals surface area (Å²) in [7, 11) is 0. The molecule has 0 unspecified atom stereocenters. The number of benzene rings is 8. The molecular formula is C54H35N5. The maximum Gasteiger partial charge on any atom is 0.164 e. The third-order valence-corrected chi connectivity index (χ3v) is 11.5. The molecule has 276 valence electrons. The van der Waals surface area contributed by atoms with Gasteiger partial charge in [0, 0.05) is 38.7 Å². The van der Waals surface area contributed by atoms with E-state index in [2.05, 4.69) is 126 Å². The van der Waals surface area contributed by atoms with Gasteiger partial charge < -0.3 is 4.57 Å². The second-order valence-electron chi connectivity index (χ2n) is 15.0. The fraction of sp³-hybridized carbons (Fsp3) is 0.0370. The quantitative estimate of drug-likeness (QED) is 0.170. The highest BCUT2D eigenvalue weighted by Gasteiger charge is 2.20. The molecular weight excluding hydrogens is 719 g/mol. The monoisotopic (exact) mass is 753 g/mol. The van der Waals surface area contributed by atoms with Crippen LogP contribution in [0.25, 0.3) is 101 Å². The Labute approximate surface area is 341 Å². The molecule has 0 fully saturated rings. The Morgan fingerprint density at radius 3 is 1.68 bits per heavy atom. The van der Waals surface area contributed by atoms with Gasteiger partial charge >= 0.3 is 0 Å². The number of allylic oxidation sites excluding steroid dienone is 1. The SMILES string of the molecule is N#Cc1cc(-c2ccc(-c3ccc(-c4nc(-c5ccccc5)nc(-c5ccccc5)n4)cc3)c3ccccc23)cc(-n2c3ccccc3c3ccc4c(c32)C=CCC4)c1. The molecule has 2 aromatic heterocycles. The van der Waals surface area contributed by atoms with Crippen molar-refractivity contribution in [1.29, 1.82) is 5.26 Å². The second kappa shape index (κ2) is 14.2. The molecule has 1 aliphatic carbocycles. The number of fused-ring (bicyclic) bond motifs is 6. The fourth-order valence-electron chi connectivity index (χ4n) is 8.74. The lowest BCUT2D eigenvalue weighted by Crippen LogP contribution is -2.01. The van der Waals surface area contributed by atoms with Crippen LogP contribution in [0.5, 0.6) is 0 Å². The number of nitriles is 1. The Morgan fingerprint density at radius 1 is 0.475 bits per heavy atom. The molecule has 0 spiro atoms. The smallest absolute Gasteiger partial charge is 0.164 e. The van der Waals surface area contributed by atoms with E-state index in [0.717, 1.165) is 73.8 Å². The Bertz CT molecular complexity index is 3260. The Morgan fingerprint density at radius 2 is 1.03 bits per heavy atom. The van der Waals surface area contributed by atoms with Gasteiger partial charge in [-0.3, -0.25) is 0 Å². The van der Waals surface area contributed by atoms with E-state index >= 15 is 0 Å². The highest BCUT2D eigenvalue weighted by molar-refractivity contribution is 6.12. The zero-order valence-corrected chi connectivity index (χ0v) is 32.0. The summed E-state index contributed by atoms with van der Waals surface area (Å²) in [6, 6.07) is 63.5. The van der Waals surface area contributed by atoms with Crippen LogP contribution in [-0.2, 0) is 6.42 Å². The molecule has 5 heteroatoms. The molecule has 0 bridgehead atoms. The van der Waals surface area contributed by atoms with Crippen molar-refractivity contribution in [3.8, 4) is 68.2 Å².